The number of hydrogen-bond acceptors (Lipinski definition) is 9. The first-order valence-electron chi connectivity index (χ1n) is 8.98. The molecule has 2 N–H and O–H groups in total. The van der Waals surface area contributed by atoms with Crippen LogP contribution in [0.1, 0.15) is 5.56 Å². The van der Waals surface area contributed by atoms with Crippen LogP contribution in [0.2, 0.25) is 0 Å². The summed E-state index contributed by atoms with van der Waals surface area (Å²) in [5.74, 6) is -1.75. The SMILES string of the molecule is COc1ccccc1NC(=O)CN1C(=O)S/C(=C/c2cc(OC)c(O)c([N+](=O)[O-])c2)C1=O. The van der Waals surface area contributed by atoms with Crippen LogP contribution in [0.5, 0.6) is 17.2 Å². The van der Waals surface area contributed by atoms with Gasteiger partial charge in [0.05, 0.1) is 29.7 Å². The number of para-hydroxylation sites is 2. The molecule has 1 aliphatic rings. The van der Waals surface area contributed by atoms with E-state index in [4.69, 9.17) is 9.47 Å². The Morgan fingerprint density at radius 3 is 2.56 bits per heavy atom. The van der Waals surface area contributed by atoms with Crippen LogP contribution < -0.4 is 14.8 Å². The lowest BCUT2D eigenvalue weighted by Gasteiger charge is -2.14. The van der Waals surface area contributed by atoms with E-state index in [0.717, 1.165) is 11.0 Å². The molecule has 0 aromatic heterocycles. The first-order chi connectivity index (χ1) is 15.2. The summed E-state index contributed by atoms with van der Waals surface area (Å²) in [4.78, 5) is 48.4. The molecule has 0 radical (unpaired) electrons. The second-order valence-electron chi connectivity index (χ2n) is 6.36. The van der Waals surface area contributed by atoms with Crippen molar-refractivity contribution in [2.75, 3.05) is 26.1 Å². The number of nitro groups is 1. The van der Waals surface area contributed by atoms with Gasteiger partial charge in [-0.3, -0.25) is 29.4 Å². The van der Waals surface area contributed by atoms with Crippen LogP contribution in [0.15, 0.2) is 41.3 Å². The molecule has 1 aliphatic heterocycles. The maximum Gasteiger partial charge on any atom is 0.315 e. The van der Waals surface area contributed by atoms with E-state index >= 15 is 0 Å². The Morgan fingerprint density at radius 2 is 1.91 bits per heavy atom. The minimum atomic E-state index is -0.802. The lowest BCUT2D eigenvalue weighted by molar-refractivity contribution is -0.386. The normalized spacial score (nSPS) is 14.6. The number of carbonyl (C=O) groups is 3. The zero-order chi connectivity index (χ0) is 23.4. The summed E-state index contributed by atoms with van der Waals surface area (Å²) in [6.45, 7) is -0.529. The molecular formula is C20H17N3O8S. The van der Waals surface area contributed by atoms with Gasteiger partial charge < -0.3 is 19.9 Å². The van der Waals surface area contributed by atoms with Crippen LogP contribution >= 0.6 is 11.8 Å². The van der Waals surface area contributed by atoms with Crippen LogP contribution in [0, 0.1) is 10.1 Å². The first kappa shape index (κ1) is 22.6. The standard InChI is InChI=1S/C20H17N3O8S/c1-30-14-6-4-3-5-12(14)21-17(24)10-22-19(26)16(32-20(22)27)9-11-7-13(23(28)29)18(25)15(8-11)31-2/h3-9,25H,10H2,1-2H3,(H,21,24)/b16-9+. The fourth-order valence-electron chi connectivity index (χ4n) is 2.86. The van der Waals surface area contributed by atoms with E-state index in [1.807, 2.05) is 0 Å². The van der Waals surface area contributed by atoms with Gasteiger partial charge in [0.15, 0.2) is 5.75 Å². The molecule has 0 unspecified atom stereocenters. The molecule has 0 bridgehead atoms. The summed E-state index contributed by atoms with van der Waals surface area (Å²) >= 11 is 0.585. The second kappa shape index (κ2) is 9.39. The molecule has 166 valence electrons. The number of thioether (sulfide) groups is 1. The number of phenols is 1. The smallest absolute Gasteiger partial charge is 0.315 e. The van der Waals surface area contributed by atoms with Crippen LogP contribution in [0.3, 0.4) is 0 Å². The zero-order valence-corrected chi connectivity index (χ0v) is 17.7. The van der Waals surface area contributed by atoms with Crippen molar-refractivity contribution >= 4 is 46.3 Å². The average molecular weight is 459 g/mol. The van der Waals surface area contributed by atoms with E-state index in [-0.39, 0.29) is 16.2 Å². The molecule has 0 saturated carbocycles. The van der Waals surface area contributed by atoms with Crippen molar-refractivity contribution in [1.29, 1.82) is 0 Å². The highest BCUT2D eigenvalue weighted by atomic mass is 32.2. The van der Waals surface area contributed by atoms with Gasteiger partial charge in [0.1, 0.15) is 12.3 Å². The lowest BCUT2D eigenvalue weighted by Crippen LogP contribution is -2.36. The number of phenolic OH excluding ortho intramolecular Hbond substituents is 1. The molecule has 11 nitrogen and oxygen atoms in total. The van der Waals surface area contributed by atoms with E-state index in [1.54, 1.807) is 24.3 Å². The van der Waals surface area contributed by atoms with Crippen molar-refractivity contribution < 1.29 is 33.9 Å². The Kier molecular flexibility index (Phi) is 6.64. The summed E-state index contributed by atoms with van der Waals surface area (Å²) in [7, 11) is 2.66. The van der Waals surface area contributed by atoms with E-state index < -0.39 is 40.0 Å². The van der Waals surface area contributed by atoms with E-state index in [1.165, 1.54) is 26.4 Å². The fourth-order valence-corrected chi connectivity index (χ4v) is 3.70. The molecule has 0 spiro atoms. The highest BCUT2D eigenvalue weighted by molar-refractivity contribution is 8.18. The van der Waals surface area contributed by atoms with Crippen molar-refractivity contribution in [1.82, 2.24) is 4.90 Å². The quantitative estimate of drug-likeness (QED) is 0.362. The maximum atomic E-state index is 12.7. The Balaban J connectivity index is 1.80. The third-order valence-electron chi connectivity index (χ3n) is 4.35. The van der Waals surface area contributed by atoms with Crippen molar-refractivity contribution in [2.24, 2.45) is 0 Å². The first-order valence-corrected chi connectivity index (χ1v) is 9.80. The number of imide groups is 1. The Labute approximate surface area is 185 Å². The van der Waals surface area contributed by atoms with Gasteiger partial charge in [-0.1, -0.05) is 12.1 Å². The number of nitrogens with one attached hydrogen (secondary N) is 1. The molecule has 2 aromatic rings. The monoisotopic (exact) mass is 459 g/mol. The van der Waals surface area contributed by atoms with Crippen LogP contribution in [0.25, 0.3) is 6.08 Å². The van der Waals surface area contributed by atoms with E-state index in [2.05, 4.69) is 5.32 Å². The topological polar surface area (TPSA) is 148 Å². The van der Waals surface area contributed by atoms with Gasteiger partial charge in [-0.25, -0.2) is 0 Å². The predicted octanol–water partition coefficient (Wildman–Crippen LogP) is 2.99. The van der Waals surface area contributed by atoms with Crippen molar-refractivity contribution in [3.63, 3.8) is 0 Å². The molecule has 1 saturated heterocycles. The van der Waals surface area contributed by atoms with Gasteiger partial charge in [-0.2, -0.15) is 0 Å². The number of aromatic hydroxyl groups is 1. The molecule has 12 heteroatoms. The molecule has 1 heterocycles. The molecule has 2 aromatic carbocycles. The highest BCUT2D eigenvalue weighted by Gasteiger charge is 2.36. The predicted molar refractivity (Wildman–Crippen MR) is 116 cm³/mol. The number of benzene rings is 2. The summed E-state index contributed by atoms with van der Waals surface area (Å²) in [6.07, 6.45) is 1.25. The third-order valence-corrected chi connectivity index (χ3v) is 5.26. The van der Waals surface area contributed by atoms with E-state index in [0.29, 0.717) is 23.2 Å². The van der Waals surface area contributed by atoms with Crippen LogP contribution in [0.4, 0.5) is 16.2 Å². The lowest BCUT2D eigenvalue weighted by atomic mass is 10.1. The van der Waals surface area contributed by atoms with Crippen LogP contribution in [-0.4, -0.2) is 52.7 Å². The highest BCUT2D eigenvalue weighted by Crippen LogP contribution is 2.39. The van der Waals surface area contributed by atoms with E-state index in [9.17, 15) is 29.6 Å². The molecule has 3 rings (SSSR count). The maximum absolute atomic E-state index is 12.7. The number of nitrogens with zero attached hydrogens (tertiary/aromatic N) is 2. The average Bonchev–Trinajstić information content (AvgIpc) is 3.02. The van der Waals surface area contributed by atoms with Gasteiger partial charge in [0.25, 0.3) is 11.1 Å². The Morgan fingerprint density at radius 1 is 1.22 bits per heavy atom. The number of hydrogen-bond donors (Lipinski definition) is 2. The molecule has 0 aliphatic carbocycles. The van der Waals surface area contributed by atoms with Gasteiger partial charge in [0, 0.05) is 6.07 Å². The largest absolute Gasteiger partial charge is 0.500 e. The number of methoxy groups -OCH3 is 2. The molecule has 0 atom stereocenters. The number of ether oxygens (including phenoxy) is 2. The minimum Gasteiger partial charge on any atom is -0.500 e. The molecule has 32 heavy (non-hydrogen) atoms. The summed E-state index contributed by atoms with van der Waals surface area (Å²) in [5.41, 5.74) is -0.0765. The number of amides is 3. The number of rotatable bonds is 7. The fraction of sp³-hybridized carbons (Fsp3) is 0.150. The van der Waals surface area contributed by atoms with Crippen molar-refractivity contribution in [2.45, 2.75) is 0 Å². The van der Waals surface area contributed by atoms with Gasteiger partial charge >= 0.3 is 5.69 Å². The zero-order valence-electron chi connectivity index (χ0n) is 16.9. The second-order valence-corrected chi connectivity index (χ2v) is 7.36. The van der Waals surface area contributed by atoms with Gasteiger partial charge in [-0.05, 0) is 41.6 Å². The Hall–Kier alpha value is -4.06. The van der Waals surface area contributed by atoms with Gasteiger partial charge in [0.2, 0.25) is 11.7 Å². The number of nitro benzene ring substituents is 1. The van der Waals surface area contributed by atoms with Crippen LogP contribution in [-0.2, 0) is 9.59 Å². The summed E-state index contributed by atoms with van der Waals surface area (Å²) in [5, 5.41) is 22.9. The third kappa shape index (κ3) is 4.64. The van der Waals surface area contributed by atoms with Crippen molar-refractivity contribution in [3.8, 4) is 17.2 Å². The summed E-state index contributed by atoms with van der Waals surface area (Å²) < 4.78 is 10.1. The molecule has 1 fully saturated rings. The number of carbonyl (C=O) groups excluding carboxylic acids is 3. The Bertz CT molecular complexity index is 1150. The number of anilines is 1. The van der Waals surface area contributed by atoms with Gasteiger partial charge in [-0.15, -0.1) is 0 Å². The molecular weight excluding hydrogens is 442 g/mol. The van der Waals surface area contributed by atoms with Crippen molar-refractivity contribution in [3.05, 3.63) is 57.0 Å². The summed E-state index contributed by atoms with van der Waals surface area (Å²) in [6, 6.07) is 8.98. The molecule has 3 amide bonds. The minimum absolute atomic E-state index is 0.0397.